The van der Waals surface area contributed by atoms with E-state index in [0.29, 0.717) is 29.8 Å². The first-order chi connectivity index (χ1) is 16.3. The molecule has 2 amide bonds. The van der Waals surface area contributed by atoms with Crippen molar-refractivity contribution in [2.75, 3.05) is 18.5 Å². The molecule has 0 fully saturated rings. The normalized spacial score (nSPS) is 12.1. The molecule has 34 heavy (non-hydrogen) atoms. The van der Waals surface area contributed by atoms with E-state index in [9.17, 15) is 19.5 Å². The second-order valence-corrected chi connectivity index (χ2v) is 7.87. The van der Waals surface area contributed by atoms with E-state index in [1.807, 2.05) is 12.1 Å². The van der Waals surface area contributed by atoms with Crippen molar-refractivity contribution < 1.29 is 24.6 Å². The Hall–Kier alpha value is -3.51. The lowest BCUT2D eigenvalue weighted by atomic mass is 10.1. The maximum atomic E-state index is 12.3. The van der Waals surface area contributed by atoms with E-state index >= 15 is 0 Å². The van der Waals surface area contributed by atoms with Crippen LogP contribution in [0.5, 0.6) is 0 Å². The summed E-state index contributed by atoms with van der Waals surface area (Å²) in [4.78, 5) is 36.0. The summed E-state index contributed by atoms with van der Waals surface area (Å²) in [5.74, 6) is 4.80. The van der Waals surface area contributed by atoms with Gasteiger partial charge in [0.25, 0.3) is 5.91 Å². The number of carbonyl (C=O) groups is 3. The standard InChI is InChI=1S/C26H31N3O5/c1-18(31)25(23(32)17-30)29-26(34)21-12-8-19(9-13-21)6-7-20-10-14-22(15-11-20)28-24(33)5-3-2-4-16-27/h8-15,18,25,30-31H,2-5,16-17,27H2,1H3,(H,28,33)(H,29,34)/t18-,25+/m1/s1. The van der Waals surface area contributed by atoms with Crippen LogP contribution < -0.4 is 16.4 Å². The number of Topliss-reactive ketones (excluding diaryl/α,β-unsaturated/α-hetero) is 1. The third kappa shape index (κ3) is 8.79. The van der Waals surface area contributed by atoms with Gasteiger partial charge in [0.15, 0.2) is 5.78 Å². The smallest absolute Gasteiger partial charge is 0.251 e. The third-order valence-electron chi connectivity index (χ3n) is 5.05. The highest BCUT2D eigenvalue weighted by atomic mass is 16.3. The number of amides is 2. The molecule has 0 radical (unpaired) electrons. The van der Waals surface area contributed by atoms with Gasteiger partial charge in [-0.15, -0.1) is 0 Å². The van der Waals surface area contributed by atoms with Crippen molar-refractivity contribution in [3.05, 3.63) is 65.2 Å². The van der Waals surface area contributed by atoms with E-state index in [0.717, 1.165) is 24.8 Å². The highest BCUT2D eigenvalue weighted by molar-refractivity contribution is 5.98. The van der Waals surface area contributed by atoms with Crippen LogP contribution >= 0.6 is 0 Å². The minimum absolute atomic E-state index is 0.0273. The number of aliphatic hydroxyl groups is 2. The van der Waals surface area contributed by atoms with Gasteiger partial charge in [-0.25, -0.2) is 0 Å². The number of hydrogen-bond acceptors (Lipinski definition) is 6. The van der Waals surface area contributed by atoms with Gasteiger partial charge >= 0.3 is 0 Å². The second kappa shape index (κ2) is 13.9. The van der Waals surface area contributed by atoms with Gasteiger partial charge in [-0.3, -0.25) is 14.4 Å². The molecule has 8 heteroatoms. The van der Waals surface area contributed by atoms with E-state index in [1.165, 1.54) is 6.92 Å². The van der Waals surface area contributed by atoms with Gasteiger partial charge in [-0.1, -0.05) is 18.3 Å². The first-order valence-electron chi connectivity index (χ1n) is 11.2. The van der Waals surface area contributed by atoms with Crippen molar-refractivity contribution in [1.82, 2.24) is 5.32 Å². The van der Waals surface area contributed by atoms with Crippen molar-refractivity contribution >= 4 is 23.3 Å². The van der Waals surface area contributed by atoms with Crippen LogP contribution in [-0.4, -0.2) is 53.1 Å². The van der Waals surface area contributed by atoms with Crippen molar-refractivity contribution in [2.24, 2.45) is 5.73 Å². The summed E-state index contributed by atoms with van der Waals surface area (Å²) in [6, 6.07) is 12.5. The Kier molecular flexibility index (Phi) is 10.9. The van der Waals surface area contributed by atoms with Crippen LogP contribution in [0.15, 0.2) is 48.5 Å². The van der Waals surface area contributed by atoms with Crippen molar-refractivity contribution in [2.45, 2.75) is 44.8 Å². The van der Waals surface area contributed by atoms with Crippen molar-refractivity contribution in [3.63, 3.8) is 0 Å². The van der Waals surface area contributed by atoms with E-state index in [1.54, 1.807) is 36.4 Å². The Labute approximate surface area is 199 Å². The van der Waals surface area contributed by atoms with Gasteiger partial charge in [0.2, 0.25) is 5.91 Å². The molecule has 2 rings (SSSR count). The van der Waals surface area contributed by atoms with Gasteiger partial charge in [0, 0.05) is 28.8 Å². The van der Waals surface area contributed by atoms with Crippen LogP contribution in [0.3, 0.4) is 0 Å². The lowest BCUT2D eigenvalue weighted by Gasteiger charge is -2.19. The molecule has 0 heterocycles. The summed E-state index contributed by atoms with van der Waals surface area (Å²) in [6.45, 7) is 1.23. The number of nitrogens with two attached hydrogens (primary N) is 1. The molecule has 0 saturated carbocycles. The Morgan fingerprint density at radius 2 is 1.53 bits per heavy atom. The molecule has 6 N–H and O–H groups in total. The molecule has 2 atom stereocenters. The van der Waals surface area contributed by atoms with Gasteiger partial charge in [-0.2, -0.15) is 0 Å². The summed E-state index contributed by atoms with van der Waals surface area (Å²) in [5.41, 5.74) is 7.91. The molecular formula is C26H31N3O5. The second-order valence-electron chi connectivity index (χ2n) is 7.87. The molecule has 0 spiro atoms. The van der Waals surface area contributed by atoms with Crippen LogP contribution in [0.1, 0.15) is 54.1 Å². The maximum absolute atomic E-state index is 12.3. The molecular weight excluding hydrogens is 434 g/mol. The molecule has 0 aliphatic heterocycles. The Morgan fingerprint density at radius 3 is 2.06 bits per heavy atom. The molecule has 2 aromatic carbocycles. The third-order valence-corrected chi connectivity index (χ3v) is 5.05. The molecule has 0 aliphatic rings. The fourth-order valence-corrected chi connectivity index (χ4v) is 3.11. The fourth-order valence-electron chi connectivity index (χ4n) is 3.11. The zero-order valence-corrected chi connectivity index (χ0v) is 19.2. The quantitative estimate of drug-likeness (QED) is 0.252. The molecule has 0 bridgehead atoms. The Bertz CT molecular complexity index is 1020. The predicted octanol–water partition coefficient (Wildman–Crippen LogP) is 1.58. The van der Waals surface area contributed by atoms with E-state index in [2.05, 4.69) is 22.5 Å². The van der Waals surface area contributed by atoms with Gasteiger partial charge < -0.3 is 26.6 Å². The minimum atomic E-state index is -1.18. The van der Waals surface area contributed by atoms with Crippen LogP contribution in [0.4, 0.5) is 5.69 Å². The summed E-state index contributed by atoms with van der Waals surface area (Å²) in [7, 11) is 0. The van der Waals surface area contributed by atoms with Crippen LogP contribution in [0.2, 0.25) is 0 Å². The van der Waals surface area contributed by atoms with Gasteiger partial charge in [-0.05, 0) is 74.8 Å². The number of benzene rings is 2. The summed E-state index contributed by atoms with van der Waals surface area (Å²) < 4.78 is 0. The lowest BCUT2D eigenvalue weighted by Crippen LogP contribution is -2.48. The lowest BCUT2D eigenvalue weighted by molar-refractivity contribution is -0.126. The van der Waals surface area contributed by atoms with E-state index in [-0.39, 0.29) is 5.91 Å². The zero-order chi connectivity index (χ0) is 24.9. The molecule has 180 valence electrons. The number of hydrogen-bond donors (Lipinski definition) is 5. The van der Waals surface area contributed by atoms with E-state index in [4.69, 9.17) is 10.8 Å². The highest BCUT2D eigenvalue weighted by Gasteiger charge is 2.25. The number of ketones is 1. The Morgan fingerprint density at radius 1 is 0.941 bits per heavy atom. The monoisotopic (exact) mass is 465 g/mol. The molecule has 2 aromatic rings. The van der Waals surface area contributed by atoms with Gasteiger partial charge in [0.05, 0.1) is 6.10 Å². The van der Waals surface area contributed by atoms with Crippen LogP contribution in [0.25, 0.3) is 0 Å². The summed E-state index contributed by atoms with van der Waals surface area (Å²) in [5, 5.41) is 23.9. The van der Waals surface area contributed by atoms with E-state index < -0.39 is 30.4 Å². The topological polar surface area (TPSA) is 142 Å². The zero-order valence-electron chi connectivity index (χ0n) is 19.2. The SMILES string of the molecule is C[C@@H](O)[C@H](NC(=O)c1ccc(C#Cc2ccc(NC(=O)CCCCCN)cc2)cc1)C(=O)CO. The molecule has 0 saturated heterocycles. The predicted molar refractivity (Wildman–Crippen MR) is 130 cm³/mol. The van der Waals surface area contributed by atoms with Crippen LogP contribution in [-0.2, 0) is 9.59 Å². The van der Waals surface area contributed by atoms with Crippen molar-refractivity contribution in [3.8, 4) is 11.8 Å². The number of anilines is 1. The minimum Gasteiger partial charge on any atom is -0.391 e. The molecule has 8 nitrogen and oxygen atoms in total. The highest BCUT2D eigenvalue weighted by Crippen LogP contribution is 2.11. The number of nitrogens with one attached hydrogen (secondary N) is 2. The summed E-state index contributed by atoms with van der Waals surface area (Å²) in [6.07, 6.45) is 2.01. The number of unbranched alkanes of at least 4 members (excludes halogenated alkanes) is 2. The fraction of sp³-hybridized carbons (Fsp3) is 0.346. The number of carbonyl (C=O) groups excluding carboxylic acids is 3. The first-order valence-corrected chi connectivity index (χ1v) is 11.2. The van der Waals surface area contributed by atoms with Crippen molar-refractivity contribution in [1.29, 1.82) is 0 Å². The average Bonchev–Trinajstić information content (AvgIpc) is 2.84. The molecule has 0 aliphatic carbocycles. The number of aliphatic hydroxyl groups excluding tert-OH is 2. The first kappa shape index (κ1) is 26.7. The molecule has 0 aromatic heterocycles. The summed E-state index contributed by atoms with van der Waals surface area (Å²) >= 11 is 0. The average molecular weight is 466 g/mol. The Balaban J connectivity index is 1.93. The van der Waals surface area contributed by atoms with Gasteiger partial charge in [0.1, 0.15) is 12.6 Å². The largest absolute Gasteiger partial charge is 0.391 e. The number of rotatable bonds is 11. The molecule has 0 unspecified atom stereocenters. The van der Waals surface area contributed by atoms with Crippen LogP contribution in [0, 0.1) is 11.8 Å². The maximum Gasteiger partial charge on any atom is 0.251 e.